The van der Waals surface area contributed by atoms with Crippen LogP contribution in [0.3, 0.4) is 0 Å². The van der Waals surface area contributed by atoms with Crippen molar-refractivity contribution in [3.63, 3.8) is 0 Å². The molecule has 0 fully saturated rings. The van der Waals surface area contributed by atoms with Crippen LogP contribution in [0.15, 0.2) is 36.2 Å². The smallest absolute Gasteiger partial charge is 0.324 e. The first-order chi connectivity index (χ1) is 6.90. The lowest BCUT2D eigenvalue weighted by Gasteiger charge is -2.13. The summed E-state index contributed by atoms with van der Waals surface area (Å²) in [4.78, 5) is 1.34. The first-order valence-electron chi connectivity index (χ1n) is 4.50. The summed E-state index contributed by atoms with van der Waals surface area (Å²) < 4.78 is 4.30. The predicted octanol–water partition coefficient (Wildman–Crippen LogP) is 1.57. The Labute approximate surface area is 87.9 Å². The zero-order valence-corrected chi connectivity index (χ0v) is 8.66. The minimum absolute atomic E-state index is 1.28. The maximum Gasteiger partial charge on any atom is 0.699 e. The fourth-order valence-electron chi connectivity index (χ4n) is 1.85. The molecule has 4 heteroatoms. The van der Waals surface area contributed by atoms with Crippen LogP contribution >= 0.6 is 11.8 Å². The summed E-state index contributed by atoms with van der Waals surface area (Å²) >= 11 is 1.80. The van der Waals surface area contributed by atoms with Crippen LogP contribution in [0.25, 0.3) is 4.91 Å². The van der Waals surface area contributed by atoms with E-state index in [2.05, 4.69) is 59.5 Å². The zero-order chi connectivity index (χ0) is 9.54. The van der Waals surface area contributed by atoms with E-state index >= 15 is 0 Å². The van der Waals surface area contributed by atoms with Crippen molar-refractivity contribution < 1.29 is 4.49 Å². The quantitative estimate of drug-likeness (QED) is 0.624. The minimum atomic E-state index is 1.28. The molecule has 0 aromatic carbocycles. The van der Waals surface area contributed by atoms with Crippen LogP contribution < -0.4 is 0 Å². The maximum absolute atomic E-state index is 2.15. The Bertz CT molecular complexity index is 482. The monoisotopic (exact) mass is 200 g/mol. The summed E-state index contributed by atoms with van der Waals surface area (Å²) in [5, 5.41) is 0. The molecular formula is C10H9BN2S+. The van der Waals surface area contributed by atoms with E-state index in [0.717, 1.165) is 0 Å². The van der Waals surface area contributed by atoms with Gasteiger partial charge in [0.1, 0.15) is 6.21 Å². The average molecular weight is 200 g/mol. The molecule has 0 bridgehead atoms. The zero-order valence-electron chi connectivity index (χ0n) is 7.84. The molecular weight excluding hydrogens is 191 g/mol. The third kappa shape index (κ3) is 0.974. The van der Waals surface area contributed by atoms with Crippen molar-refractivity contribution in [3.05, 3.63) is 41.9 Å². The van der Waals surface area contributed by atoms with Crippen LogP contribution in [0.4, 0.5) is 0 Å². The fourth-order valence-corrected chi connectivity index (χ4v) is 2.61. The van der Waals surface area contributed by atoms with Crippen LogP contribution in [0.2, 0.25) is 0 Å². The first kappa shape index (κ1) is 8.18. The number of rotatable bonds is 1. The highest BCUT2D eigenvalue weighted by atomic mass is 32.2. The van der Waals surface area contributed by atoms with Gasteiger partial charge in [-0.15, -0.1) is 11.8 Å². The molecule has 2 aliphatic rings. The van der Waals surface area contributed by atoms with Gasteiger partial charge in [-0.2, -0.15) is 0 Å². The van der Waals surface area contributed by atoms with Crippen molar-refractivity contribution in [3.8, 4) is 0 Å². The summed E-state index contributed by atoms with van der Waals surface area (Å²) in [7, 11) is 2.10. The largest absolute Gasteiger partial charge is 0.699 e. The highest BCUT2D eigenvalue weighted by Crippen LogP contribution is 2.33. The molecule has 2 nitrogen and oxygen atoms in total. The van der Waals surface area contributed by atoms with Gasteiger partial charge in [0.15, 0.2) is 5.70 Å². The normalized spacial score (nSPS) is 17.6. The SMILES string of the molecule is CSC1=C2C=CC=[N+]2[B]n2cccc21. The molecule has 0 saturated heterocycles. The Morgan fingerprint density at radius 1 is 1.50 bits per heavy atom. The van der Waals surface area contributed by atoms with E-state index in [9.17, 15) is 0 Å². The second-order valence-corrected chi connectivity index (χ2v) is 4.07. The second-order valence-electron chi connectivity index (χ2n) is 3.25. The van der Waals surface area contributed by atoms with Gasteiger partial charge in [-0.05, 0) is 24.6 Å². The maximum atomic E-state index is 2.15. The molecule has 3 heterocycles. The third-order valence-electron chi connectivity index (χ3n) is 2.48. The standard InChI is InChI=1S/C10H9BN2S/c1-14-10-8-4-2-6-12(8)11-13-7-3-5-9(10)13/h2-7H,1H3/q+1. The molecule has 14 heavy (non-hydrogen) atoms. The van der Waals surface area contributed by atoms with Crippen molar-refractivity contribution in [2.24, 2.45) is 0 Å². The lowest BCUT2D eigenvalue weighted by Crippen LogP contribution is -2.27. The second kappa shape index (κ2) is 2.92. The molecule has 1 aromatic rings. The number of hydrogen-bond donors (Lipinski definition) is 0. The molecule has 1 radical (unpaired) electrons. The molecule has 2 aliphatic heterocycles. The Morgan fingerprint density at radius 2 is 2.43 bits per heavy atom. The number of hydrogen-bond acceptors (Lipinski definition) is 1. The van der Waals surface area contributed by atoms with Gasteiger partial charge < -0.3 is 4.48 Å². The topological polar surface area (TPSA) is 7.94 Å². The lowest BCUT2D eigenvalue weighted by molar-refractivity contribution is -0.307. The number of allylic oxidation sites excluding steroid dienone is 2. The highest BCUT2D eigenvalue weighted by molar-refractivity contribution is 8.07. The van der Waals surface area contributed by atoms with Crippen LogP contribution in [0.5, 0.6) is 0 Å². The van der Waals surface area contributed by atoms with Crippen LogP contribution in [0, 0.1) is 0 Å². The average Bonchev–Trinajstić information content (AvgIpc) is 2.80. The summed E-state index contributed by atoms with van der Waals surface area (Å²) in [6, 6.07) is 4.23. The number of fused-ring (bicyclic) bond motifs is 2. The van der Waals surface area contributed by atoms with Gasteiger partial charge in [0.05, 0.1) is 10.6 Å². The number of nitrogens with zero attached hydrogens (tertiary/aromatic N) is 2. The van der Waals surface area contributed by atoms with Crippen molar-refractivity contribution >= 4 is 30.4 Å². The van der Waals surface area contributed by atoms with E-state index in [-0.39, 0.29) is 0 Å². The van der Waals surface area contributed by atoms with Gasteiger partial charge in [-0.25, -0.2) is 0 Å². The molecule has 0 saturated carbocycles. The molecule has 1 aromatic heterocycles. The van der Waals surface area contributed by atoms with E-state index in [1.54, 1.807) is 11.8 Å². The van der Waals surface area contributed by atoms with Crippen LogP contribution in [-0.4, -0.2) is 29.0 Å². The molecule has 3 rings (SSSR count). The number of aromatic nitrogens is 1. The van der Waals surface area contributed by atoms with Gasteiger partial charge in [0, 0.05) is 12.2 Å². The molecule has 67 valence electrons. The van der Waals surface area contributed by atoms with E-state index in [1.807, 2.05) is 0 Å². The van der Waals surface area contributed by atoms with Gasteiger partial charge in [-0.3, -0.25) is 4.49 Å². The van der Waals surface area contributed by atoms with Crippen LogP contribution in [-0.2, 0) is 0 Å². The Kier molecular flexibility index (Phi) is 1.71. The fraction of sp³-hybridized carbons (Fsp3) is 0.100. The van der Waals surface area contributed by atoms with Gasteiger partial charge in [0.2, 0.25) is 0 Å². The van der Waals surface area contributed by atoms with Gasteiger partial charge >= 0.3 is 7.55 Å². The van der Waals surface area contributed by atoms with E-state index < -0.39 is 0 Å². The van der Waals surface area contributed by atoms with Crippen molar-refractivity contribution in [2.75, 3.05) is 6.26 Å². The molecule has 0 N–H and O–H groups in total. The molecule has 0 unspecified atom stereocenters. The van der Waals surface area contributed by atoms with E-state index in [1.165, 1.54) is 16.3 Å². The summed E-state index contributed by atoms with van der Waals surface area (Å²) in [5.74, 6) is 0. The summed E-state index contributed by atoms with van der Waals surface area (Å²) in [6.45, 7) is 0. The van der Waals surface area contributed by atoms with E-state index in [0.29, 0.717) is 0 Å². The summed E-state index contributed by atoms with van der Waals surface area (Å²) in [6.07, 6.45) is 10.5. The molecule has 0 aliphatic carbocycles. The summed E-state index contributed by atoms with van der Waals surface area (Å²) in [5.41, 5.74) is 2.56. The first-order valence-corrected chi connectivity index (χ1v) is 5.73. The lowest BCUT2D eigenvalue weighted by atomic mass is 10.0. The Morgan fingerprint density at radius 3 is 3.29 bits per heavy atom. The molecule has 0 amide bonds. The Balaban J connectivity index is 2.27. The Hall–Kier alpha value is -1.16. The van der Waals surface area contributed by atoms with Crippen molar-refractivity contribution in [2.45, 2.75) is 0 Å². The van der Waals surface area contributed by atoms with Gasteiger partial charge in [0.25, 0.3) is 0 Å². The van der Waals surface area contributed by atoms with Gasteiger partial charge in [-0.1, -0.05) is 0 Å². The van der Waals surface area contributed by atoms with E-state index in [4.69, 9.17) is 0 Å². The van der Waals surface area contributed by atoms with Crippen molar-refractivity contribution in [1.29, 1.82) is 0 Å². The number of thioether (sulfide) groups is 1. The molecule has 0 atom stereocenters. The molecule has 0 spiro atoms. The minimum Gasteiger partial charge on any atom is -0.324 e. The van der Waals surface area contributed by atoms with Crippen molar-refractivity contribution in [1.82, 2.24) is 4.48 Å². The predicted molar refractivity (Wildman–Crippen MR) is 61.5 cm³/mol. The highest BCUT2D eigenvalue weighted by Gasteiger charge is 2.31. The third-order valence-corrected chi connectivity index (χ3v) is 3.30. The van der Waals surface area contributed by atoms with Crippen LogP contribution in [0.1, 0.15) is 5.69 Å².